The molecule has 4 amide bonds. The quantitative estimate of drug-likeness (QED) is 0.105. The molecule has 8 rings (SSSR count). The van der Waals surface area contributed by atoms with Gasteiger partial charge in [-0.1, -0.05) is 76.2 Å². The lowest BCUT2D eigenvalue weighted by molar-refractivity contribution is -0.137. The Morgan fingerprint density at radius 3 is 1.45 bits per heavy atom. The molecule has 5 N–H and O–H groups in total. The second-order valence-corrected chi connectivity index (χ2v) is 18.2. The van der Waals surface area contributed by atoms with Crippen molar-refractivity contribution in [2.45, 2.75) is 116 Å². The Morgan fingerprint density at radius 1 is 0.672 bits per heavy atom. The normalized spacial score (nSPS) is 24.3. The van der Waals surface area contributed by atoms with Gasteiger partial charge in [0.05, 0.1) is 23.5 Å². The number of carbonyl (C=O) groups is 4. The summed E-state index contributed by atoms with van der Waals surface area (Å²) >= 11 is 0. The summed E-state index contributed by atoms with van der Waals surface area (Å²) in [6, 6.07) is 14.8. The van der Waals surface area contributed by atoms with Crippen molar-refractivity contribution in [3.63, 3.8) is 0 Å². The summed E-state index contributed by atoms with van der Waals surface area (Å²) in [5.74, 6) is 1.72. The number of carboxylic acid groups (broad SMARTS) is 1. The van der Waals surface area contributed by atoms with Crippen molar-refractivity contribution >= 4 is 24.0 Å². The van der Waals surface area contributed by atoms with Crippen LogP contribution in [0.5, 0.6) is 0 Å². The van der Waals surface area contributed by atoms with Gasteiger partial charge in [0, 0.05) is 35.6 Å². The molecule has 4 aromatic rings. The number of nitrogens with one attached hydrogen (secondary N) is 4. The number of aromatic nitrogens is 4. The molecule has 4 fully saturated rings. The predicted octanol–water partition coefficient (Wildman–Crippen LogP) is 7.30. The number of imidazole rings is 2. The fraction of sp³-hybridized carbons (Fsp3) is 0.500. The number of likely N-dealkylation sites (tertiary alicyclic amines) is 2. The molecule has 2 saturated carbocycles. The molecule has 2 aliphatic heterocycles. The van der Waals surface area contributed by atoms with E-state index >= 15 is 0 Å². The summed E-state index contributed by atoms with van der Waals surface area (Å²) in [6.45, 7) is 13.0. The van der Waals surface area contributed by atoms with Gasteiger partial charge in [-0.3, -0.25) is 9.59 Å². The maximum absolute atomic E-state index is 14.0. The highest BCUT2D eigenvalue weighted by molar-refractivity contribution is 5.88. The van der Waals surface area contributed by atoms with Crippen LogP contribution in [0.15, 0.2) is 60.9 Å². The molecule has 2 aromatic heterocycles. The number of nitrogens with zero attached hydrogens (tertiary/aromatic N) is 4. The Bertz CT molecular complexity index is 2190. The first-order valence-electron chi connectivity index (χ1n) is 20.5. The number of benzene rings is 2. The van der Waals surface area contributed by atoms with Crippen LogP contribution < -0.4 is 10.6 Å². The van der Waals surface area contributed by atoms with E-state index in [1.807, 2.05) is 74.2 Å². The molecule has 14 heteroatoms. The lowest BCUT2D eigenvalue weighted by atomic mass is 10.0. The van der Waals surface area contributed by atoms with E-state index < -0.39 is 29.9 Å². The van der Waals surface area contributed by atoms with E-state index in [0.29, 0.717) is 17.7 Å². The van der Waals surface area contributed by atoms with Crippen LogP contribution >= 0.6 is 0 Å². The number of amides is 4. The summed E-state index contributed by atoms with van der Waals surface area (Å²) in [7, 11) is 0. The van der Waals surface area contributed by atoms with Crippen molar-refractivity contribution in [1.82, 2.24) is 40.4 Å². The van der Waals surface area contributed by atoms with Crippen molar-refractivity contribution in [3.8, 4) is 33.6 Å². The minimum Gasteiger partial charge on any atom is -0.465 e. The fourth-order valence-corrected chi connectivity index (χ4v) is 8.93. The Kier molecular flexibility index (Phi) is 10.1. The van der Waals surface area contributed by atoms with Crippen molar-refractivity contribution in [1.29, 1.82) is 0 Å². The van der Waals surface area contributed by atoms with Gasteiger partial charge in [0.15, 0.2) is 0 Å². The molecule has 2 saturated heterocycles. The zero-order chi connectivity index (χ0) is 41.2. The smallest absolute Gasteiger partial charge is 0.408 e. The number of aromatic amines is 2. The molecule has 8 atom stereocenters. The van der Waals surface area contributed by atoms with E-state index in [2.05, 4.69) is 44.9 Å². The molecular weight excluding hydrogens is 737 g/mol. The number of hydrogen-bond acceptors (Lipinski definition) is 7. The largest absolute Gasteiger partial charge is 0.465 e. The number of piperidine rings is 2. The maximum atomic E-state index is 14.0. The lowest BCUT2D eigenvalue weighted by Gasteiger charge is -2.32. The molecule has 0 unspecified atom stereocenters. The zero-order valence-corrected chi connectivity index (χ0v) is 34.2. The topological polar surface area (TPSA) is 186 Å². The van der Waals surface area contributed by atoms with E-state index in [4.69, 9.17) is 14.7 Å². The first-order valence-corrected chi connectivity index (χ1v) is 20.5. The highest BCUT2D eigenvalue weighted by Crippen LogP contribution is 2.54. The summed E-state index contributed by atoms with van der Waals surface area (Å²) in [5.41, 5.74) is 4.90. The first kappa shape index (κ1) is 39.2. The number of alkyl carbamates (subject to hydrolysis) is 1. The predicted molar refractivity (Wildman–Crippen MR) is 217 cm³/mol. The molecule has 14 nitrogen and oxygen atoms in total. The van der Waals surface area contributed by atoms with Crippen molar-refractivity contribution < 1.29 is 29.0 Å². The van der Waals surface area contributed by atoms with E-state index in [0.717, 1.165) is 65.1 Å². The van der Waals surface area contributed by atoms with Gasteiger partial charge < -0.3 is 40.2 Å². The number of H-pyrrole nitrogens is 2. The van der Waals surface area contributed by atoms with Crippen LogP contribution in [0.1, 0.15) is 97.9 Å². The van der Waals surface area contributed by atoms with E-state index in [1.165, 1.54) is 0 Å². The van der Waals surface area contributed by atoms with Crippen LogP contribution in [0.4, 0.5) is 9.59 Å². The number of ether oxygens (including phenoxy) is 1. The molecule has 2 aliphatic carbocycles. The van der Waals surface area contributed by atoms with Crippen molar-refractivity contribution in [2.24, 2.45) is 23.7 Å². The van der Waals surface area contributed by atoms with Gasteiger partial charge in [-0.05, 0) is 81.3 Å². The third-order valence-electron chi connectivity index (χ3n) is 12.1. The Labute approximate surface area is 338 Å². The van der Waals surface area contributed by atoms with Gasteiger partial charge in [0.2, 0.25) is 11.8 Å². The van der Waals surface area contributed by atoms with Crippen LogP contribution in [-0.2, 0) is 14.3 Å². The zero-order valence-electron chi connectivity index (χ0n) is 34.2. The monoisotopic (exact) mass is 790 g/mol. The van der Waals surface area contributed by atoms with Crippen LogP contribution in [-0.4, -0.2) is 88.6 Å². The van der Waals surface area contributed by atoms with Gasteiger partial charge in [-0.2, -0.15) is 0 Å². The lowest BCUT2D eigenvalue weighted by Crippen LogP contribution is -2.52. The molecule has 0 radical (unpaired) electrons. The summed E-state index contributed by atoms with van der Waals surface area (Å²) in [6.07, 6.45) is 5.51. The molecule has 4 heterocycles. The fourth-order valence-electron chi connectivity index (χ4n) is 8.93. The van der Waals surface area contributed by atoms with E-state index in [-0.39, 0.29) is 47.8 Å². The summed E-state index contributed by atoms with van der Waals surface area (Å²) in [5, 5.41) is 14.6. The molecule has 0 bridgehead atoms. The maximum Gasteiger partial charge on any atom is 0.408 e. The highest BCUT2D eigenvalue weighted by atomic mass is 16.6. The molecular formula is C44H54N8O6. The van der Waals surface area contributed by atoms with E-state index in [9.17, 15) is 24.3 Å². The minimum atomic E-state index is -1.20. The van der Waals surface area contributed by atoms with Crippen LogP contribution in [0.25, 0.3) is 33.6 Å². The molecule has 58 heavy (non-hydrogen) atoms. The van der Waals surface area contributed by atoms with Crippen LogP contribution in [0, 0.1) is 23.7 Å². The first-order chi connectivity index (χ1) is 27.6. The van der Waals surface area contributed by atoms with Gasteiger partial charge in [-0.25, -0.2) is 19.6 Å². The van der Waals surface area contributed by atoms with Gasteiger partial charge in [-0.15, -0.1) is 0 Å². The van der Waals surface area contributed by atoms with Crippen molar-refractivity contribution in [2.75, 3.05) is 0 Å². The summed E-state index contributed by atoms with van der Waals surface area (Å²) in [4.78, 5) is 72.1. The summed E-state index contributed by atoms with van der Waals surface area (Å²) < 4.78 is 5.47. The highest BCUT2D eigenvalue weighted by Gasteiger charge is 2.57. The average molecular weight is 791 g/mol. The van der Waals surface area contributed by atoms with Gasteiger partial charge in [0.1, 0.15) is 29.3 Å². The van der Waals surface area contributed by atoms with Crippen molar-refractivity contribution in [3.05, 3.63) is 72.6 Å². The molecule has 306 valence electrons. The number of hydrogen-bond donors (Lipinski definition) is 5. The van der Waals surface area contributed by atoms with Gasteiger partial charge >= 0.3 is 12.2 Å². The van der Waals surface area contributed by atoms with E-state index in [1.54, 1.807) is 20.8 Å². The Hall–Kier alpha value is -5.66. The molecule has 2 aromatic carbocycles. The SMILES string of the molecule is CC(C)[C@@H](NC(=O)O)C(=O)N1[C@@H]2C[C@@H]2C[C@H]1c1nc(-c2ccc(-c3ccc(-c4c[nH]c([C@@H]5C[C@H]6C[C@H]6N5C(=O)[C@H](NC(=O)OC(C)(C)C)C(C)C)n4)cc3)cc2)c[nH]1. The van der Waals surface area contributed by atoms with Crippen LogP contribution in [0.3, 0.4) is 0 Å². The minimum absolute atomic E-state index is 0.104. The number of rotatable bonds is 11. The second-order valence-electron chi connectivity index (χ2n) is 18.2. The Morgan fingerprint density at radius 2 is 1.07 bits per heavy atom. The second kappa shape index (κ2) is 14.9. The average Bonchev–Trinajstić information content (AvgIpc) is 3.76. The van der Waals surface area contributed by atoms with Gasteiger partial charge in [0.25, 0.3) is 0 Å². The third-order valence-corrected chi connectivity index (χ3v) is 12.1. The molecule has 4 aliphatic rings. The Balaban J connectivity index is 0.924. The third kappa shape index (κ3) is 7.80. The standard InChI is InChI=1S/C44H54N8O6/c1-22(2)36(49-42(55)56)40(53)51-32-16-28(32)18-34(51)38-45-20-30(47-38)26-12-8-24(9-13-26)25-10-14-27(15-11-25)31-21-46-39(48-31)35-19-29-17-33(29)52(35)41(54)37(23(3)4)50-43(57)58-44(5,6)7/h8-15,20-23,28-29,32-37,49H,16-19H2,1-7H3,(H,45,47)(H,46,48)(H,50,57)(H,55,56)/t28-,29-,32-,33-,34+,35+,36-,37-/m1/s1. The molecule has 0 spiro atoms. The number of carbonyl (C=O) groups excluding carboxylic acids is 3. The van der Waals surface area contributed by atoms with Crippen LogP contribution in [0.2, 0.25) is 0 Å². The number of fused-ring (bicyclic) bond motifs is 2.